The van der Waals surface area contributed by atoms with Crippen LogP contribution in [-0.2, 0) is 20.7 Å². The molecule has 2 N–H and O–H groups in total. The van der Waals surface area contributed by atoms with E-state index in [9.17, 15) is 9.59 Å². The van der Waals surface area contributed by atoms with Gasteiger partial charge in [0.25, 0.3) is 0 Å². The van der Waals surface area contributed by atoms with Gasteiger partial charge in [0.05, 0.1) is 24.5 Å². The van der Waals surface area contributed by atoms with Crippen LogP contribution in [-0.4, -0.2) is 47.5 Å². The SMILES string of the molecule is Cc1oc(-c2ccccc2)nc1CCOC1C=CC(CCC(=O)O)=CC1CNC(=O)OC(C)C. The van der Waals surface area contributed by atoms with E-state index in [1.54, 1.807) is 13.8 Å². The molecule has 2 atom stereocenters. The van der Waals surface area contributed by atoms with E-state index in [1.165, 1.54) is 0 Å². The van der Waals surface area contributed by atoms with Crippen molar-refractivity contribution in [3.8, 4) is 11.5 Å². The van der Waals surface area contributed by atoms with Gasteiger partial charge in [-0.3, -0.25) is 4.79 Å². The number of nitrogens with zero attached hydrogens (tertiary/aromatic N) is 1. The fraction of sp³-hybridized carbons (Fsp3) is 0.423. The van der Waals surface area contributed by atoms with Crippen LogP contribution in [0.4, 0.5) is 4.79 Å². The molecular weight excluding hydrogens is 436 g/mol. The molecular formula is C26H32N2O6. The normalized spacial score (nSPS) is 17.5. The van der Waals surface area contributed by atoms with Gasteiger partial charge in [0.1, 0.15) is 5.76 Å². The van der Waals surface area contributed by atoms with Crippen LogP contribution >= 0.6 is 0 Å². The second-order valence-electron chi connectivity index (χ2n) is 8.47. The van der Waals surface area contributed by atoms with Crippen molar-refractivity contribution in [1.29, 1.82) is 0 Å². The molecule has 0 bridgehead atoms. The summed E-state index contributed by atoms with van der Waals surface area (Å²) in [4.78, 5) is 27.5. The lowest BCUT2D eigenvalue weighted by atomic mass is 9.91. The fourth-order valence-corrected chi connectivity index (χ4v) is 3.67. The van der Waals surface area contributed by atoms with Crippen LogP contribution < -0.4 is 5.32 Å². The highest BCUT2D eigenvalue weighted by molar-refractivity contribution is 5.67. The van der Waals surface area contributed by atoms with Crippen molar-refractivity contribution in [3.63, 3.8) is 0 Å². The first kappa shape index (κ1) is 25.2. The third kappa shape index (κ3) is 7.59. The van der Waals surface area contributed by atoms with Crippen LogP contribution in [0.2, 0.25) is 0 Å². The predicted octanol–water partition coefficient (Wildman–Crippen LogP) is 4.69. The van der Waals surface area contributed by atoms with Crippen LogP contribution in [0.3, 0.4) is 0 Å². The maximum Gasteiger partial charge on any atom is 0.407 e. The topological polar surface area (TPSA) is 111 Å². The van der Waals surface area contributed by atoms with E-state index in [1.807, 2.05) is 55.5 Å². The summed E-state index contributed by atoms with van der Waals surface area (Å²) in [6, 6.07) is 9.73. The average Bonchev–Trinajstić information content (AvgIpc) is 3.17. The lowest BCUT2D eigenvalue weighted by Gasteiger charge is -2.27. The van der Waals surface area contributed by atoms with Crippen molar-refractivity contribution in [2.45, 2.75) is 52.2 Å². The summed E-state index contributed by atoms with van der Waals surface area (Å²) in [5, 5.41) is 11.8. The van der Waals surface area contributed by atoms with E-state index in [4.69, 9.17) is 19.0 Å². The minimum absolute atomic E-state index is 0.0480. The Morgan fingerprint density at radius 3 is 2.68 bits per heavy atom. The molecule has 1 aliphatic rings. The van der Waals surface area contributed by atoms with Gasteiger partial charge in [-0.15, -0.1) is 0 Å². The van der Waals surface area contributed by atoms with Gasteiger partial charge in [-0.25, -0.2) is 9.78 Å². The molecule has 182 valence electrons. The van der Waals surface area contributed by atoms with Gasteiger partial charge in [-0.05, 0) is 39.3 Å². The standard InChI is InChI=1S/C26H32N2O6/c1-17(2)33-26(31)27-16-21-15-19(10-12-24(29)30)9-11-23(21)32-14-13-22-18(3)34-25(28-22)20-7-5-4-6-8-20/h4-9,11,15,17,21,23H,10,12-14,16H2,1-3H3,(H,27,31)(H,29,30). The minimum Gasteiger partial charge on any atom is -0.481 e. The number of carbonyl (C=O) groups excluding carboxylic acids is 1. The number of aromatic nitrogens is 1. The van der Waals surface area contributed by atoms with Gasteiger partial charge in [0.15, 0.2) is 0 Å². The number of carbonyl (C=O) groups is 2. The number of allylic oxidation sites excluding steroid dienone is 2. The number of hydrogen-bond donors (Lipinski definition) is 2. The Hall–Kier alpha value is -3.39. The molecule has 8 nitrogen and oxygen atoms in total. The third-order valence-corrected chi connectivity index (χ3v) is 5.37. The molecule has 0 fully saturated rings. The summed E-state index contributed by atoms with van der Waals surface area (Å²) in [6.07, 6.45) is 5.86. The van der Waals surface area contributed by atoms with E-state index < -0.39 is 12.1 Å². The molecule has 1 aromatic heterocycles. The molecule has 0 saturated heterocycles. The number of aliphatic carboxylic acids is 1. The first-order valence-corrected chi connectivity index (χ1v) is 11.5. The van der Waals surface area contributed by atoms with Gasteiger partial charge in [-0.1, -0.05) is 42.0 Å². The number of oxazole rings is 1. The molecule has 2 aromatic rings. The fourth-order valence-electron chi connectivity index (χ4n) is 3.67. The molecule has 2 unspecified atom stereocenters. The van der Waals surface area contributed by atoms with Gasteiger partial charge < -0.3 is 24.3 Å². The maximum atomic E-state index is 11.9. The highest BCUT2D eigenvalue weighted by Gasteiger charge is 2.23. The van der Waals surface area contributed by atoms with Crippen molar-refractivity contribution < 1.29 is 28.6 Å². The second kappa shape index (κ2) is 12.2. The van der Waals surface area contributed by atoms with E-state index in [0.29, 0.717) is 31.9 Å². The van der Waals surface area contributed by atoms with Gasteiger partial charge >= 0.3 is 12.1 Å². The Morgan fingerprint density at radius 1 is 1.21 bits per heavy atom. The summed E-state index contributed by atoms with van der Waals surface area (Å²) < 4.78 is 17.1. The highest BCUT2D eigenvalue weighted by Crippen LogP contribution is 2.24. The number of carboxylic acid groups (broad SMARTS) is 1. The Balaban J connectivity index is 1.60. The third-order valence-electron chi connectivity index (χ3n) is 5.37. The molecule has 0 aliphatic heterocycles. The number of aryl methyl sites for hydroxylation is 1. The predicted molar refractivity (Wildman–Crippen MR) is 127 cm³/mol. The number of alkyl carbamates (subject to hydrolysis) is 1. The molecule has 8 heteroatoms. The number of hydrogen-bond acceptors (Lipinski definition) is 6. The van der Waals surface area contributed by atoms with Crippen LogP contribution in [0.25, 0.3) is 11.5 Å². The summed E-state index contributed by atoms with van der Waals surface area (Å²) in [5.74, 6) is 0.349. The summed E-state index contributed by atoms with van der Waals surface area (Å²) in [5.41, 5.74) is 2.67. The van der Waals surface area contributed by atoms with E-state index in [-0.39, 0.29) is 24.5 Å². The monoisotopic (exact) mass is 468 g/mol. The van der Waals surface area contributed by atoms with Gasteiger partial charge in [0.2, 0.25) is 5.89 Å². The van der Waals surface area contributed by atoms with Crippen molar-refractivity contribution in [2.24, 2.45) is 5.92 Å². The van der Waals surface area contributed by atoms with Crippen LogP contribution in [0, 0.1) is 12.8 Å². The Kier molecular flexibility index (Phi) is 9.04. The van der Waals surface area contributed by atoms with E-state index >= 15 is 0 Å². The molecule has 1 aliphatic carbocycles. The second-order valence-corrected chi connectivity index (χ2v) is 8.47. The van der Waals surface area contributed by atoms with Gasteiger partial charge in [0, 0.05) is 30.9 Å². The molecule has 0 spiro atoms. The summed E-state index contributed by atoms with van der Waals surface area (Å²) >= 11 is 0. The molecule has 1 heterocycles. The Bertz CT molecular complexity index is 1030. The number of carboxylic acids is 1. The number of nitrogens with one attached hydrogen (secondary N) is 1. The molecule has 3 rings (SSSR count). The largest absolute Gasteiger partial charge is 0.481 e. The Labute approximate surface area is 199 Å². The minimum atomic E-state index is -0.847. The zero-order valence-corrected chi connectivity index (χ0v) is 19.8. The van der Waals surface area contributed by atoms with Crippen LogP contribution in [0.5, 0.6) is 0 Å². The van der Waals surface area contributed by atoms with Crippen molar-refractivity contribution in [2.75, 3.05) is 13.2 Å². The van der Waals surface area contributed by atoms with Crippen LogP contribution in [0.15, 0.2) is 58.6 Å². The number of ether oxygens (including phenoxy) is 2. The zero-order valence-electron chi connectivity index (χ0n) is 19.8. The maximum absolute atomic E-state index is 11.9. The molecule has 1 aromatic carbocycles. The quantitative estimate of drug-likeness (QED) is 0.492. The first-order valence-electron chi connectivity index (χ1n) is 11.5. The van der Waals surface area contributed by atoms with E-state index in [0.717, 1.165) is 22.6 Å². The molecule has 0 saturated carbocycles. The molecule has 34 heavy (non-hydrogen) atoms. The number of rotatable bonds is 11. The number of benzene rings is 1. The lowest BCUT2D eigenvalue weighted by molar-refractivity contribution is -0.136. The van der Waals surface area contributed by atoms with E-state index in [2.05, 4.69) is 10.3 Å². The van der Waals surface area contributed by atoms with Crippen molar-refractivity contribution >= 4 is 12.1 Å². The number of amides is 1. The molecule has 1 amide bonds. The van der Waals surface area contributed by atoms with Crippen molar-refractivity contribution in [1.82, 2.24) is 10.3 Å². The smallest absolute Gasteiger partial charge is 0.407 e. The Morgan fingerprint density at radius 2 is 1.97 bits per heavy atom. The summed E-state index contributed by atoms with van der Waals surface area (Å²) in [6.45, 7) is 6.20. The average molecular weight is 469 g/mol. The first-order chi connectivity index (χ1) is 16.3. The van der Waals surface area contributed by atoms with Gasteiger partial charge in [-0.2, -0.15) is 0 Å². The highest BCUT2D eigenvalue weighted by atomic mass is 16.6. The van der Waals surface area contributed by atoms with Crippen LogP contribution in [0.1, 0.15) is 38.1 Å². The summed E-state index contributed by atoms with van der Waals surface area (Å²) in [7, 11) is 0. The molecule has 0 radical (unpaired) electrons. The zero-order chi connectivity index (χ0) is 24.5. The lowest BCUT2D eigenvalue weighted by Crippen LogP contribution is -2.37. The van der Waals surface area contributed by atoms with Crippen molar-refractivity contribution in [3.05, 3.63) is 65.6 Å².